The highest BCUT2D eigenvalue weighted by atomic mass is 16.7. The summed E-state index contributed by atoms with van der Waals surface area (Å²) in [7, 11) is 1.39. The molecule has 0 unspecified atom stereocenters. The Bertz CT molecular complexity index is 549. The number of morpholine rings is 1. The van der Waals surface area contributed by atoms with Crippen molar-refractivity contribution in [3.63, 3.8) is 0 Å². The molecule has 1 aliphatic heterocycles. The van der Waals surface area contributed by atoms with Crippen LogP contribution >= 0.6 is 0 Å². The molecule has 8 nitrogen and oxygen atoms in total. The Morgan fingerprint density at radius 2 is 2.10 bits per heavy atom. The van der Waals surface area contributed by atoms with Crippen LogP contribution in [0.5, 0.6) is 11.5 Å². The number of ether oxygens (including phenoxy) is 2. The van der Waals surface area contributed by atoms with Crippen LogP contribution in [-0.4, -0.2) is 43.4 Å². The Morgan fingerprint density at radius 1 is 1.40 bits per heavy atom. The maximum Gasteiger partial charge on any atom is 0.291 e. The Kier molecular flexibility index (Phi) is 4.34. The molecule has 0 amide bonds. The maximum absolute atomic E-state index is 10.9. The predicted molar refractivity (Wildman–Crippen MR) is 67.4 cm³/mol. The van der Waals surface area contributed by atoms with Gasteiger partial charge in [0.25, 0.3) is 5.69 Å². The van der Waals surface area contributed by atoms with E-state index in [1.54, 1.807) is 11.1 Å². The van der Waals surface area contributed by atoms with Crippen LogP contribution in [0.2, 0.25) is 0 Å². The average molecular weight is 279 g/mol. The summed E-state index contributed by atoms with van der Waals surface area (Å²) >= 11 is 0. The predicted octanol–water partition coefficient (Wildman–Crippen LogP) is 1.10. The lowest BCUT2D eigenvalue weighted by Crippen LogP contribution is -2.38. The number of hydroxylamine groups is 2. The van der Waals surface area contributed by atoms with E-state index < -0.39 is 4.92 Å². The van der Waals surface area contributed by atoms with Crippen LogP contribution in [0.15, 0.2) is 12.1 Å². The molecule has 0 aromatic heterocycles. The van der Waals surface area contributed by atoms with Gasteiger partial charge in [-0.25, -0.2) is 0 Å². The molecular weight excluding hydrogens is 266 g/mol. The molecule has 8 heteroatoms. The largest absolute Gasteiger partial charge is 0.492 e. The van der Waals surface area contributed by atoms with Crippen LogP contribution in [0, 0.1) is 21.4 Å². The highest BCUT2D eigenvalue weighted by Crippen LogP contribution is 2.34. The summed E-state index contributed by atoms with van der Waals surface area (Å²) in [6.45, 7) is 2.23. The Morgan fingerprint density at radius 3 is 2.65 bits per heavy atom. The second kappa shape index (κ2) is 6.18. The SMILES string of the molecule is COc1cc([N+](=O)[O-])c(C#N)cc1ON1CCOCC1. The third kappa shape index (κ3) is 2.96. The molecule has 0 saturated carbocycles. The third-order valence-electron chi connectivity index (χ3n) is 2.80. The second-order valence-corrected chi connectivity index (χ2v) is 4.02. The second-order valence-electron chi connectivity index (χ2n) is 4.02. The first-order chi connectivity index (χ1) is 9.65. The van der Waals surface area contributed by atoms with Crippen LogP contribution in [0.25, 0.3) is 0 Å². The van der Waals surface area contributed by atoms with E-state index in [-0.39, 0.29) is 22.7 Å². The fourth-order valence-corrected chi connectivity index (χ4v) is 1.80. The van der Waals surface area contributed by atoms with Crippen molar-refractivity contribution >= 4 is 5.69 Å². The quantitative estimate of drug-likeness (QED) is 0.601. The van der Waals surface area contributed by atoms with Gasteiger partial charge in [0, 0.05) is 6.07 Å². The summed E-state index contributed by atoms with van der Waals surface area (Å²) in [5, 5.41) is 21.5. The Balaban J connectivity index is 2.31. The van der Waals surface area contributed by atoms with Gasteiger partial charge in [-0.05, 0) is 0 Å². The number of nitriles is 1. The van der Waals surface area contributed by atoms with E-state index in [2.05, 4.69) is 0 Å². The van der Waals surface area contributed by atoms with Crippen molar-refractivity contribution in [2.45, 2.75) is 0 Å². The molecule has 1 aromatic rings. The molecule has 1 aromatic carbocycles. The number of nitro groups is 1. The van der Waals surface area contributed by atoms with E-state index in [9.17, 15) is 10.1 Å². The van der Waals surface area contributed by atoms with Gasteiger partial charge in [0.15, 0.2) is 11.5 Å². The van der Waals surface area contributed by atoms with E-state index in [1.165, 1.54) is 19.2 Å². The van der Waals surface area contributed by atoms with Crippen LogP contribution in [0.3, 0.4) is 0 Å². The highest BCUT2D eigenvalue weighted by molar-refractivity contribution is 5.58. The van der Waals surface area contributed by atoms with E-state index >= 15 is 0 Å². The lowest BCUT2D eigenvalue weighted by Gasteiger charge is -2.26. The fraction of sp³-hybridized carbons (Fsp3) is 0.417. The van der Waals surface area contributed by atoms with Gasteiger partial charge in [-0.3, -0.25) is 10.1 Å². The Hall–Kier alpha value is -2.37. The zero-order valence-electron chi connectivity index (χ0n) is 10.9. The minimum absolute atomic E-state index is 0.0703. The van der Waals surface area contributed by atoms with E-state index in [0.717, 1.165) is 0 Å². The van der Waals surface area contributed by atoms with Gasteiger partial charge in [-0.15, -0.1) is 5.06 Å². The first kappa shape index (κ1) is 14.0. The minimum Gasteiger partial charge on any atom is -0.492 e. The number of hydrogen-bond donors (Lipinski definition) is 0. The van der Waals surface area contributed by atoms with Crippen LogP contribution in [0.1, 0.15) is 5.56 Å². The number of nitro benzene ring substituents is 1. The van der Waals surface area contributed by atoms with Gasteiger partial charge in [0.2, 0.25) is 0 Å². The van der Waals surface area contributed by atoms with Crippen molar-refractivity contribution in [1.29, 1.82) is 5.26 Å². The summed E-state index contributed by atoms with van der Waals surface area (Å²) in [4.78, 5) is 15.9. The van der Waals surface area contributed by atoms with Gasteiger partial charge < -0.3 is 14.3 Å². The van der Waals surface area contributed by atoms with E-state index in [4.69, 9.17) is 19.6 Å². The minimum atomic E-state index is -0.625. The molecule has 1 saturated heterocycles. The molecule has 106 valence electrons. The Labute approximate surface area is 115 Å². The van der Waals surface area contributed by atoms with Gasteiger partial charge >= 0.3 is 0 Å². The normalized spacial score (nSPS) is 15.4. The van der Waals surface area contributed by atoms with Crippen molar-refractivity contribution in [3.8, 4) is 17.6 Å². The number of methoxy groups -OCH3 is 1. The van der Waals surface area contributed by atoms with Crippen molar-refractivity contribution in [2.24, 2.45) is 0 Å². The zero-order chi connectivity index (χ0) is 14.5. The monoisotopic (exact) mass is 279 g/mol. The summed E-state index contributed by atoms with van der Waals surface area (Å²) < 4.78 is 10.3. The van der Waals surface area contributed by atoms with Crippen molar-refractivity contribution in [2.75, 3.05) is 33.4 Å². The lowest BCUT2D eigenvalue weighted by molar-refractivity contribution is -0.385. The molecule has 2 rings (SSSR count). The fourth-order valence-electron chi connectivity index (χ4n) is 1.80. The maximum atomic E-state index is 10.9. The number of hydrogen-bond acceptors (Lipinski definition) is 7. The molecule has 0 spiro atoms. The topological polar surface area (TPSA) is 97.9 Å². The number of benzene rings is 1. The molecule has 0 bridgehead atoms. The summed E-state index contributed by atoms with van der Waals surface area (Å²) in [6, 6.07) is 4.29. The zero-order valence-corrected chi connectivity index (χ0v) is 10.9. The summed E-state index contributed by atoms with van der Waals surface area (Å²) in [5.74, 6) is 0.485. The summed E-state index contributed by atoms with van der Waals surface area (Å²) in [5.41, 5.74) is -0.377. The average Bonchev–Trinajstić information content (AvgIpc) is 2.47. The molecule has 0 aliphatic carbocycles. The molecular formula is C12H13N3O5. The summed E-state index contributed by atoms with van der Waals surface area (Å²) in [6.07, 6.45) is 0. The van der Waals surface area contributed by atoms with Gasteiger partial charge in [-0.1, -0.05) is 0 Å². The van der Waals surface area contributed by atoms with E-state index in [1.807, 2.05) is 0 Å². The smallest absolute Gasteiger partial charge is 0.291 e. The third-order valence-corrected chi connectivity index (χ3v) is 2.80. The van der Waals surface area contributed by atoms with Crippen LogP contribution in [-0.2, 0) is 4.74 Å². The molecule has 1 fully saturated rings. The highest BCUT2D eigenvalue weighted by Gasteiger charge is 2.22. The molecule has 0 atom stereocenters. The van der Waals surface area contributed by atoms with Gasteiger partial charge in [0.05, 0.1) is 44.4 Å². The number of nitrogens with zero attached hydrogens (tertiary/aromatic N) is 3. The van der Waals surface area contributed by atoms with Gasteiger partial charge in [0.1, 0.15) is 11.6 Å². The standard InChI is InChI=1S/C12H13N3O5/c1-18-11-7-10(15(16)17)9(8-13)6-12(11)20-14-2-4-19-5-3-14/h6-7H,2-5H2,1H3. The molecule has 0 radical (unpaired) electrons. The van der Waals surface area contributed by atoms with Crippen molar-refractivity contribution < 1.29 is 19.2 Å². The first-order valence-corrected chi connectivity index (χ1v) is 5.93. The first-order valence-electron chi connectivity index (χ1n) is 5.93. The van der Waals surface area contributed by atoms with Crippen LogP contribution in [0.4, 0.5) is 5.69 Å². The van der Waals surface area contributed by atoms with Crippen molar-refractivity contribution in [1.82, 2.24) is 5.06 Å². The number of rotatable bonds is 4. The van der Waals surface area contributed by atoms with Crippen molar-refractivity contribution in [3.05, 3.63) is 27.8 Å². The lowest BCUT2D eigenvalue weighted by atomic mass is 10.2. The van der Waals surface area contributed by atoms with Crippen LogP contribution < -0.4 is 9.57 Å². The van der Waals surface area contributed by atoms with Gasteiger partial charge in [-0.2, -0.15) is 5.26 Å². The van der Waals surface area contributed by atoms with E-state index in [0.29, 0.717) is 26.3 Å². The molecule has 20 heavy (non-hydrogen) atoms. The molecule has 1 aliphatic rings. The molecule has 0 N–H and O–H groups in total. The molecule has 1 heterocycles.